The van der Waals surface area contributed by atoms with Crippen LogP contribution in [0.2, 0.25) is 0 Å². The van der Waals surface area contributed by atoms with E-state index in [1.54, 1.807) is 68.4 Å². The summed E-state index contributed by atoms with van der Waals surface area (Å²) in [5, 5.41) is 24.0. The Hall–Kier alpha value is -9.13. The van der Waals surface area contributed by atoms with E-state index in [0.717, 1.165) is 17.7 Å². The van der Waals surface area contributed by atoms with Gasteiger partial charge < -0.3 is 81.3 Å². The van der Waals surface area contributed by atoms with E-state index in [1.807, 2.05) is 0 Å². The third kappa shape index (κ3) is 17.2. The molecule has 10 N–H and O–H groups in total. The number of hydrogen-bond donors (Lipinski definition) is 7. The number of piperidine rings is 2. The lowest BCUT2D eigenvalue weighted by atomic mass is 9.95. The largest absolute Gasteiger partial charge is 0.478 e. The van der Waals surface area contributed by atoms with Gasteiger partial charge in [0.1, 0.15) is 83.1 Å². The molecule has 0 aromatic heterocycles. The minimum Gasteiger partial charge on any atom is -0.478 e. The fraction of sp³-hybridized carbons (Fsp3) is 0.609. The van der Waals surface area contributed by atoms with Gasteiger partial charge in [0, 0.05) is 59.7 Å². The zero-order valence-corrected chi connectivity index (χ0v) is 56.8. The van der Waals surface area contributed by atoms with Gasteiger partial charge in [0.05, 0.1) is 24.3 Å². The zero-order valence-electron chi connectivity index (χ0n) is 56.8. The smallest absolute Gasteiger partial charge is 0.340 e. The Kier molecular flexibility index (Phi) is 25.7. The zero-order chi connectivity index (χ0) is 71.8. The van der Waals surface area contributed by atoms with Crippen molar-refractivity contribution in [3.05, 3.63) is 44.6 Å². The number of esters is 2. The van der Waals surface area contributed by atoms with Crippen molar-refractivity contribution >= 4 is 93.7 Å². The van der Waals surface area contributed by atoms with E-state index < -0.39 is 137 Å². The number of hydrogen-bond acceptors (Lipinski definition) is 21. The Balaban J connectivity index is 0.000000263. The summed E-state index contributed by atoms with van der Waals surface area (Å²) < 4.78 is 16.6. The highest BCUT2D eigenvalue weighted by atomic mass is 16.6. The van der Waals surface area contributed by atoms with Crippen LogP contribution < -0.4 is 33.3 Å². The van der Waals surface area contributed by atoms with Gasteiger partial charge in [0.25, 0.3) is 0 Å². The normalized spacial score (nSPS) is 25.4. The second-order valence-corrected chi connectivity index (χ2v) is 26.0. The number of cyclic esters (lactones) is 2. The van der Waals surface area contributed by atoms with Gasteiger partial charge in [-0.05, 0) is 82.3 Å². The average Bonchev–Trinajstić information content (AvgIpc) is 0.746. The van der Waals surface area contributed by atoms with Crippen LogP contribution in [0.1, 0.15) is 133 Å². The van der Waals surface area contributed by atoms with Gasteiger partial charge in [-0.2, -0.15) is 0 Å². The second kappa shape index (κ2) is 31.9. The standard InChI is InChI=1S/C24H39N5O7.C24H41N5O6.C16H12N2O6/c1-12(2)19-23(34)29-9-8-15(30)10-16(29)22(33)27(6)11-17(31)28(7)20(13(3)4)24(35)36-14(5)18(25)21(32)26-19;1-13(2)19-23(33)29-11-9-8-10-16(29)22(32)27(6)12-17(30)28(7)20(14(3)4)24(34)35-15(5)18(25)21(31)26-19;1-5-3-4-7(15(20)21)10-13(5)24-14-6(2)12(19)9(17)8(16(22)23)11(14)18-10/h12-14,16,18-20H,8-11,25H2,1-7H3,(H,26,32);13-16,18-20H,8-12,25H2,1-7H3,(H,26,31);3-4H,17H2,1-2H3,(H,20,21)(H,22,23). The number of anilines is 1. The average molecular weight is 1330 g/mol. The molecule has 10 unspecified atom stereocenters. The summed E-state index contributed by atoms with van der Waals surface area (Å²) in [7, 11) is 5.83. The number of nitrogens with zero attached hydrogens (tertiary/aromatic N) is 7. The maximum Gasteiger partial charge on any atom is 0.340 e. The van der Waals surface area contributed by atoms with Gasteiger partial charge in [0.15, 0.2) is 11.3 Å². The number of benzene rings is 2. The third-order valence-electron chi connectivity index (χ3n) is 17.5. The molecule has 31 heteroatoms. The van der Waals surface area contributed by atoms with Crippen LogP contribution in [0.3, 0.4) is 0 Å². The van der Waals surface area contributed by atoms with Gasteiger partial charge >= 0.3 is 23.9 Å². The highest BCUT2D eigenvalue weighted by Crippen LogP contribution is 2.35. The van der Waals surface area contributed by atoms with Crippen molar-refractivity contribution in [2.24, 2.45) is 35.1 Å². The highest BCUT2D eigenvalue weighted by Gasteiger charge is 2.45. The number of likely N-dealkylation sites (N-methyl/N-ethyl adjacent to an activating group) is 4. The van der Waals surface area contributed by atoms with Crippen molar-refractivity contribution in [2.75, 3.05) is 60.1 Å². The number of aromatic nitrogens is 1. The Morgan fingerprint density at radius 2 is 1.07 bits per heavy atom. The summed E-state index contributed by atoms with van der Waals surface area (Å²) in [4.78, 5) is 191. The van der Waals surface area contributed by atoms with Crippen LogP contribution in [-0.4, -0.2) is 236 Å². The minimum atomic E-state index is -1.44. The summed E-state index contributed by atoms with van der Waals surface area (Å²) in [6, 6.07) is -5.27. The van der Waals surface area contributed by atoms with E-state index in [-0.39, 0.29) is 107 Å². The summed E-state index contributed by atoms with van der Waals surface area (Å²) >= 11 is 0. The molecule has 1 aromatic carbocycles. The fourth-order valence-corrected chi connectivity index (χ4v) is 11.7. The first-order valence-electron chi connectivity index (χ1n) is 31.5. The fourth-order valence-electron chi connectivity index (χ4n) is 11.7. The van der Waals surface area contributed by atoms with Gasteiger partial charge in [-0.3, -0.25) is 47.9 Å². The van der Waals surface area contributed by atoms with Crippen LogP contribution in [0.25, 0.3) is 22.6 Å². The number of carboxylic acid groups (broad SMARTS) is 2. The van der Waals surface area contributed by atoms with Crippen LogP contribution in [0.15, 0.2) is 21.3 Å². The highest BCUT2D eigenvalue weighted by molar-refractivity contribution is 6.05. The number of nitrogen functional groups attached to an aromatic ring is 1. The molecule has 8 amide bonds. The summed E-state index contributed by atoms with van der Waals surface area (Å²) in [6.07, 6.45) is -0.156. The summed E-state index contributed by atoms with van der Waals surface area (Å²) in [6.45, 7) is 20.0. The molecular formula is C64H92N12O19. The molecule has 4 fully saturated rings. The second-order valence-electron chi connectivity index (χ2n) is 26.0. The first-order chi connectivity index (χ1) is 44.2. The first kappa shape index (κ1) is 76.6. The van der Waals surface area contributed by atoms with Gasteiger partial charge in [0.2, 0.25) is 52.7 Å². The van der Waals surface area contributed by atoms with E-state index in [2.05, 4.69) is 15.6 Å². The van der Waals surface area contributed by atoms with Crippen molar-refractivity contribution < 1.29 is 86.4 Å². The number of ketones is 1. The lowest BCUT2D eigenvalue weighted by Gasteiger charge is -2.40. The molecule has 5 heterocycles. The maximum absolute atomic E-state index is 13.5. The molecule has 31 nitrogen and oxygen atoms in total. The molecule has 0 spiro atoms. The van der Waals surface area contributed by atoms with E-state index in [0.29, 0.717) is 18.5 Å². The maximum atomic E-state index is 13.5. The molecule has 7 rings (SSSR count). The number of carbonyl (C=O) groups excluding carboxylic acids is 11. The van der Waals surface area contributed by atoms with Crippen molar-refractivity contribution in [2.45, 2.75) is 176 Å². The minimum absolute atomic E-state index is 0.00468. The van der Waals surface area contributed by atoms with Crippen LogP contribution in [0, 0.1) is 37.5 Å². The van der Waals surface area contributed by atoms with Crippen molar-refractivity contribution in [1.82, 2.24) is 45.0 Å². The Bertz CT molecular complexity index is 3510. The third-order valence-corrected chi connectivity index (χ3v) is 17.5. The SMILES string of the molecule is CC(C)C1NC(=O)C(N)C(C)OC(=O)C(C(C)C)N(C)C(=O)CN(C)C(=O)C2CC(=O)CCN2C1=O.CC(C)C1NC(=O)C(N)C(C)OC(=O)C(C(C)C)N(C)C(=O)CN(C)C(=O)C2CCCCN2C1=O.Cc1c2oc3c(C)ccc(C(=O)O)c3nc-2c(C(=O)O)c(N)c1=O. The van der Waals surface area contributed by atoms with E-state index >= 15 is 0 Å². The number of nitrogens with one attached hydrogen (secondary N) is 2. The van der Waals surface area contributed by atoms with Crippen LogP contribution in [0.4, 0.5) is 5.69 Å². The summed E-state index contributed by atoms with van der Waals surface area (Å²) in [5.41, 5.74) is 16.8. The van der Waals surface area contributed by atoms with Crippen molar-refractivity contribution in [3.8, 4) is 11.5 Å². The summed E-state index contributed by atoms with van der Waals surface area (Å²) in [5.74, 6) is -9.68. The molecule has 0 bridgehead atoms. The molecule has 4 saturated heterocycles. The monoisotopic (exact) mass is 1330 g/mol. The van der Waals surface area contributed by atoms with Crippen molar-refractivity contribution in [1.29, 1.82) is 0 Å². The molecule has 5 aliphatic heterocycles. The van der Waals surface area contributed by atoms with Gasteiger partial charge in [-0.1, -0.05) is 61.5 Å². The Morgan fingerprint density at radius 1 is 0.621 bits per heavy atom. The topological polar surface area (TPSA) is 445 Å². The predicted molar refractivity (Wildman–Crippen MR) is 342 cm³/mol. The number of nitrogens with two attached hydrogens (primary N) is 3. The van der Waals surface area contributed by atoms with Crippen molar-refractivity contribution in [3.63, 3.8) is 0 Å². The number of carboxylic acids is 2. The molecular weight excluding hydrogens is 1240 g/mol. The van der Waals surface area contributed by atoms with Gasteiger partial charge in [-0.15, -0.1) is 0 Å². The number of amides is 8. The number of fused-ring (bicyclic) bond motifs is 4. The molecule has 10 atom stereocenters. The first-order valence-corrected chi connectivity index (χ1v) is 31.5. The number of carbonyl (C=O) groups is 13. The predicted octanol–water partition coefficient (Wildman–Crippen LogP) is 0.512. The number of rotatable bonds is 6. The molecule has 522 valence electrons. The lowest BCUT2D eigenvalue weighted by molar-refractivity contribution is -0.163. The Labute approximate surface area is 550 Å². The lowest BCUT2D eigenvalue weighted by Crippen LogP contribution is -2.62. The molecule has 6 aliphatic rings. The number of aromatic carboxylic acids is 2. The molecule has 1 aromatic rings. The number of Topliss-reactive ketones (excluding diaryl/α,β-unsaturated/α-hetero) is 1. The van der Waals surface area contributed by atoms with Crippen LogP contribution >= 0.6 is 0 Å². The van der Waals surface area contributed by atoms with Gasteiger partial charge in [-0.25, -0.2) is 24.2 Å². The van der Waals surface area contributed by atoms with E-state index in [9.17, 15) is 77.3 Å². The van der Waals surface area contributed by atoms with Crippen LogP contribution in [0.5, 0.6) is 0 Å². The molecule has 95 heavy (non-hydrogen) atoms. The number of aryl methyl sites for hydroxylation is 1. The quantitative estimate of drug-likeness (QED) is 0.100. The Morgan fingerprint density at radius 3 is 1.51 bits per heavy atom. The molecule has 0 radical (unpaired) electrons. The van der Waals surface area contributed by atoms with E-state index in [1.165, 1.54) is 79.5 Å². The van der Waals surface area contributed by atoms with E-state index in [4.69, 9.17) is 31.1 Å². The van der Waals surface area contributed by atoms with Crippen LogP contribution in [-0.2, 0) is 62.2 Å². The molecule has 1 aliphatic carbocycles. The molecule has 0 saturated carbocycles. The number of ether oxygens (including phenoxy) is 2.